The number of nitrogens with two attached hydrogens (primary N) is 1. The number of hydrogen-bond donors (Lipinski definition) is 1. The van der Waals surface area contributed by atoms with Gasteiger partial charge in [0.1, 0.15) is 6.04 Å². The smallest absolute Gasteiger partial charge is 0.244 e. The van der Waals surface area contributed by atoms with Crippen LogP contribution in [0.1, 0.15) is 30.0 Å². The van der Waals surface area contributed by atoms with Crippen molar-refractivity contribution in [2.75, 3.05) is 12.4 Å². The van der Waals surface area contributed by atoms with E-state index < -0.39 is 11.9 Å². The number of amides is 2. The molecular formula is C14H17ClN2O2. The minimum atomic E-state index is -0.646. The zero-order valence-corrected chi connectivity index (χ0v) is 11.4. The van der Waals surface area contributed by atoms with E-state index in [2.05, 4.69) is 0 Å². The summed E-state index contributed by atoms with van der Waals surface area (Å²) in [6.07, 6.45) is 1.73. The van der Waals surface area contributed by atoms with Gasteiger partial charge in [0, 0.05) is 18.8 Å². The molecule has 1 unspecified atom stereocenters. The molecule has 1 aromatic rings. The highest BCUT2D eigenvalue weighted by atomic mass is 35.5. The van der Waals surface area contributed by atoms with Gasteiger partial charge in [-0.05, 0) is 24.0 Å². The number of fused-ring (bicyclic) bond motifs is 1. The maximum atomic E-state index is 12.1. The Kier molecular flexibility index (Phi) is 4.43. The molecule has 0 aromatic heterocycles. The molecule has 2 rings (SSSR count). The summed E-state index contributed by atoms with van der Waals surface area (Å²) in [7, 11) is 0. The van der Waals surface area contributed by atoms with Crippen LogP contribution in [0.5, 0.6) is 0 Å². The Labute approximate surface area is 117 Å². The normalized spacial score (nSPS) is 17.9. The van der Waals surface area contributed by atoms with Gasteiger partial charge in [-0.1, -0.05) is 24.3 Å². The number of benzene rings is 1. The zero-order chi connectivity index (χ0) is 13.8. The number of carbonyl (C=O) groups is 2. The fourth-order valence-corrected chi connectivity index (χ4v) is 2.64. The first-order valence-corrected chi connectivity index (χ1v) is 6.91. The number of primary amides is 1. The lowest BCUT2D eigenvalue weighted by Crippen LogP contribution is -2.45. The lowest BCUT2D eigenvalue weighted by molar-refractivity contribution is -0.140. The fraction of sp³-hybridized carbons (Fsp3) is 0.429. The van der Waals surface area contributed by atoms with Gasteiger partial charge in [0.15, 0.2) is 0 Å². The van der Waals surface area contributed by atoms with Crippen LogP contribution in [0.3, 0.4) is 0 Å². The molecule has 2 N–H and O–H groups in total. The van der Waals surface area contributed by atoms with Gasteiger partial charge in [-0.15, -0.1) is 11.6 Å². The van der Waals surface area contributed by atoms with E-state index in [9.17, 15) is 9.59 Å². The van der Waals surface area contributed by atoms with Crippen LogP contribution in [0.4, 0.5) is 0 Å². The summed E-state index contributed by atoms with van der Waals surface area (Å²) in [4.78, 5) is 25.4. The van der Waals surface area contributed by atoms with E-state index >= 15 is 0 Å². The maximum absolute atomic E-state index is 12.1. The number of hydrogen-bond acceptors (Lipinski definition) is 2. The van der Waals surface area contributed by atoms with Gasteiger partial charge in [-0.2, -0.15) is 0 Å². The van der Waals surface area contributed by atoms with E-state index in [0.29, 0.717) is 25.3 Å². The summed E-state index contributed by atoms with van der Waals surface area (Å²) in [5.74, 6) is -0.0949. The molecule has 4 nitrogen and oxygen atoms in total. The number of alkyl halides is 1. The summed E-state index contributed by atoms with van der Waals surface area (Å²) in [6.45, 7) is 0.533. The Hall–Kier alpha value is -1.55. The van der Waals surface area contributed by atoms with Crippen LogP contribution < -0.4 is 5.73 Å². The monoisotopic (exact) mass is 280 g/mol. The van der Waals surface area contributed by atoms with Gasteiger partial charge in [0.05, 0.1) is 0 Å². The molecule has 0 fully saturated rings. The Morgan fingerprint density at radius 2 is 2.11 bits per heavy atom. The van der Waals surface area contributed by atoms with Crippen LogP contribution in [-0.2, 0) is 16.0 Å². The molecular weight excluding hydrogens is 264 g/mol. The first-order chi connectivity index (χ1) is 9.15. The summed E-state index contributed by atoms with van der Waals surface area (Å²) in [5.41, 5.74) is 7.42. The summed E-state index contributed by atoms with van der Waals surface area (Å²) in [5, 5.41) is 0. The van der Waals surface area contributed by atoms with Crippen LogP contribution in [0.15, 0.2) is 24.3 Å². The van der Waals surface area contributed by atoms with Crippen molar-refractivity contribution in [2.24, 2.45) is 5.73 Å². The third kappa shape index (κ3) is 2.89. The summed E-state index contributed by atoms with van der Waals surface area (Å²) in [6, 6.07) is 6.99. The molecule has 0 spiro atoms. The third-order valence-corrected chi connectivity index (χ3v) is 3.66. The highest BCUT2D eigenvalue weighted by molar-refractivity contribution is 6.17. The summed E-state index contributed by atoms with van der Waals surface area (Å²) >= 11 is 5.60. The maximum Gasteiger partial charge on any atom is 0.244 e. The topological polar surface area (TPSA) is 63.4 Å². The van der Waals surface area contributed by atoms with Crippen LogP contribution in [-0.4, -0.2) is 29.1 Å². The number of nitrogens with zero attached hydrogens (tertiary/aromatic N) is 1. The second-order valence-corrected chi connectivity index (χ2v) is 5.01. The van der Waals surface area contributed by atoms with E-state index in [1.807, 2.05) is 24.3 Å². The Morgan fingerprint density at radius 3 is 2.79 bits per heavy atom. The van der Waals surface area contributed by atoms with Crippen LogP contribution in [0, 0.1) is 0 Å². The predicted molar refractivity (Wildman–Crippen MR) is 73.7 cm³/mol. The van der Waals surface area contributed by atoms with E-state index in [1.54, 1.807) is 4.90 Å². The molecule has 102 valence electrons. The largest absolute Gasteiger partial charge is 0.368 e. The van der Waals surface area contributed by atoms with Crippen LogP contribution >= 0.6 is 11.6 Å². The van der Waals surface area contributed by atoms with E-state index in [1.165, 1.54) is 0 Å². The van der Waals surface area contributed by atoms with Crippen molar-refractivity contribution >= 4 is 23.4 Å². The van der Waals surface area contributed by atoms with Crippen molar-refractivity contribution in [2.45, 2.75) is 25.3 Å². The molecule has 1 heterocycles. The summed E-state index contributed by atoms with van der Waals surface area (Å²) < 4.78 is 0. The second-order valence-electron chi connectivity index (χ2n) is 4.63. The SMILES string of the molecule is NC(=O)C1c2ccccc2CCN1C(=O)CCCCl. The van der Waals surface area contributed by atoms with Crippen molar-refractivity contribution in [1.82, 2.24) is 4.90 Å². The van der Waals surface area contributed by atoms with Gasteiger partial charge in [-0.3, -0.25) is 9.59 Å². The number of carbonyl (C=O) groups excluding carboxylic acids is 2. The molecule has 1 aromatic carbocycles. The molecule has 19 heavy (non-hydrogen) atoms. The van der Waals surface area contributed by atoms with Gasteiger partial charge in [-0.25, -0.2) is 0 Å². The number of rotatable bonds is 4. The Morgan fingerprint density at radius 1 is 1.37 bits per heavy atom. The molecule has 0 saturated heterocycles. The average Bonchev–Trinajstić information content (AvgIpc) is 2.43. The van der Waals surface area contributed by atoms with Crippen LogP contribution in [0.25, 0.3) is 0 Å². The van der Waals surface area contributed by atoms with Gasteiger partial charge < -0.3 is 10.6 Å². The molecule has 0 bridgehead atoms. The number of halogens is 1. The van der Waals surface area contributed by atoms with Crippen molar-refractivity contribution < 1.29 is 9.59 Å². The molecule has 1 aliphatic rings. The minimum Gasteiger partial charge on any atom is -0.368 e. The van der Waals surface area contributed by atoms with E-state index in [4.69, 9.17) is 17.3 Å². The molecule has 0 saturated carbocycles. The molecule has 1 aliphatic heterocycles. The highest BCUT2D eigenvalue weighted by Crippen LogP contribution is 2.30. The van der Waals surface area contributed by atoms with Gasteiger partial charge in [0.2, 0.25) is 11.8 Å². The molecule has 0 aliphatic carbocycles. The highest BCUT2D eigenvalue weighted by Gasteiger charge is 2.33. The lowest BCUT2D eigenvalue weighted by atomic mass is 9.92. The second kappa shape index (κ2) is 6.06. The lowest BCUT2D eigenvalue weighted by Gasteiger charge is -2.35. The Balaban J connectivity index is 2.27. The predicted octanol–water partition coefficient (Wildman–Crippen LogP) is 1.62. The van der Waals surface area contributed by atoms with Crippen molar-refractivity contribution in [3.63, 3.8) is 0 Å². The first kappa shape index (κ1) is 13.9. The molecule has 5 heteroatoms. The van der Waals surface area contributed by atoms with E-state index in [-0.39, 0.29) is 5.91 Å². The molecule has 0 radical (unpaired) electrons. The first-order valence-electron chi connectivity index (χ1n) is 6.37. The van der Waals surface area contributed by atoms with Crippen LogP contribution in [0.2, 0.25) is 0 Å². The quantitative estimate of drug-likeness (QED) is 0.852. The molecule has 2 amide bonds. The third-order valence-electron chi connectivity index (χ3n) is 3.40. The van der Waals surface area contributed by atoms with Crippen molar-refractivity contribution in [3.05, 3.63) is 35.4 Å². The Bertz CT molecular complexity index is 490. The zero-order valence-electron chi connectivity index (χ0n) is 10.6. The minimum absolute atomic E-state index is 0.0565. The van der Waals surface area contributed by atoms with Gasteiger partial charge >= 0.3 is 0 Å². The fourth-order valence-electron chi connectivity index (χ4n) is 2.50. The van der Waals surface area contributed by atoms with Crippen molar-refractivity contribution in [1.29, 1.82) is 0 Å². The molecule has 1 atom stereocenters. The average molecular weight is 281 g/mol. The van der Waals surface area contributed by atoms with Gasteiger partial charge in [0.25, 0.3) is 0 Å². The van der Waals surface area contributed by atoms with E-state index in [0.717, 1.165) is 17.5 Å². The standard InChI is InChI=1S/C14H17ClN2O2/c15-8-3-6-12(18)17-9-7-10-4-1-2-5-11(10)13(17)14(16)19/h1-2,4-5,13H,3,6-9H2,(H2,16,19). The van der Waals surface area contributed by atoms with Crippen molar-refractivity contribution in [3.8, 4) is 0 Å².